The van der Waals surface area contributed by atoms with E-state index in [0.717, 1.165) is 28.9 Å². The van der Waals surface area contributed by atoms with Crippen LogP contribution in [0.2, 0.25) is 0 Å². The molecule has 2 heterocycles. The normalized spacial score (nSPS) is 11.9. The molecule has 4 aromatic rings. The van der Waals surface area contributed by atoms with Crippen molar-refractivity contribution in [2.24, 2.45) is 5.92 Å². The number of fused-ring (bicyclic) bond motifs is 1. The fourth-order valence-corrected chi connectivity index (χ4v) is 4.19. The van der Waals surface area contributed by atoms with Gasteiger partial charge in [-0.2, -0.15) is 14.6 Å². The molecule has 7 nitrogen and oxygen atoms in total. The van der Waals surface area contributed by atoms with E-state index in [1.54, 1.807) is 13.2 Å². The smallest absolute Gasteiger partial charge is 0.296 e. The van der Waals surface area contributed by atoms with Crippen molar-refractivity contribution < 1.29 is 9.47 Å². The van der Waals surface area contributed by atoms with Crippen LogP contribution in [0.5, 0.6) is 11.5 Å². The van der Waals surface area contributed by atoms with Crippen LogP contribution in [0.4, 0.5) is 0 Å². The third-order valence-electron chi connectivity index (χ3n) is 5.10. The van der Waals surface area contributed by atoms with Crippen LogP contribution in [-0.2, 0) is 6.42 Å². The first-order chi connectivity index (χ1) is 15.9. The molecule has 8 heteroatoms. The van der Waals surface area contributed by atoms with E-state index in [9.17, 15) is 9.59 Å². The average Bonchev–Trinajstić information content (AvgIpc) is 3.09. The van der Waals surface area contributed by atoms with Crippen molar-refractivity contribution >= 4 is 22.4 Å². The Labute approximate surface area is 195 Å². The van der Waals surface area contributed by atoms with Crippen molar-refractivity contribution in [1.82, 2.24) is 14.6 Å². The van der Waals surface area contributed by atoms with Gasteiger partial charge in [0, 0.05) is 6.42 Å². The van der Waals surface area contributed by atoms with Gasteiger partial charge in [0.15, 0.2) is 11.5 Å². The summed E-state index contributed by atoms with van der Waals surface area (Å²) in [6.07, 6.45) is 3.01. The van der Waals surface area contributed by atoms with E-state index in [0.29, 0.717) is 35.0 Å². The number of thiazole rings is 1. The van der Waals surface area contributed by atoms with Crippen molar-refractivity contribution in [2.45, 2.75) is 26.7 Å². The number of methoxy groups -OCH3 is 1. The summed E-state index contributed by atoms with van der Waals surface area (Å²) >= 11 is 1.13. The van der Waals surface area contributed by atoms with Crippen LogP contribution in [0.3, 0.4) is 0 Å². The van der Waals surface area contributed by atoms with E-state index in [2.05, 4.69) is 23.9 Å². The van der Waals surface area contributed by atoms with Crippen LogP contribution in [-0.4, -0.2) is 28.3 Å². The molecule has 0 unspecified atom stereocenters. The highest BCUT2D eigenvalue weighted by atomic mass is 32.1. The highest BCUT2D eigenvalue weighted by Gasteiger charge is 2.12. The highest BCUT2D eigenvalue weighted by molar-refractivity contribution is 7.15. The Morgan fingerprint density at radius 3 is 2.61 bits per heavy atom. The number of aromatic nitrogens is 3. The van der Waals surface area contributed by atoms with Crippen molar-refractivity contribution in [1.29, 1.82) is 0 Å². The van der Waals surface area contributed by atoms with E-state index >= 15 is 0 Å². The number of rotatable bonds is 8. The zero-order valence-electron chi connectivity index (χ0n) is 18.8. The van der Waals surface area contributed by atoms with Crippen molar-refractivity contribution in [3.8, 4) is 11.5 Å². The molecular weight excluding hydrogens is 438 g/mol. The maximum atomic E-state index is 13.0. The number of hydrogen-bond acceptors (Lipinski definition) is 7. The largest absolute Gasteiger partial charge is 0.493 e. The minimum absolute atomic E-state index is 0.240. The topological polar surface area (TPSA) is 82.8 Å². The molecule has 0 fully saturated rings. The van der Waals surface area contributed by atoms with Crippen LogP contribution in [0.15, 0.2) is 58.1 Å². The lowest BCUT2D eigenvalue weighted by molar-refractivity contribution is 0.273. The molecular formula is C25H25N3O4S. The van der Waals surface area contributed by atoms with Gasteiger partial charge in [-0.3, -0.25) is 9.59 Å². The van der Waals surface area contributed by atoms with Crippen LogP contribution < -0.4 is 25.1 Å². The molecule has 0 N–H and O–H groups in total. The summed E-state index contributed by atoms with van der Waals surface area (Å²) in [7, 11) is 1.58. The summed E-state index contributed by atoms with van der Waals surface area (Å²) < 4.78 is 12.9. The summed E-state index contributed by atoms with van der Waals surface area (Å²) in [5.41, 5.74) is 1.22. The SMILES string of the molecule is COc1cc(/C=c2\sc3nc(=O)c(Cc4ccccc4)nn3c2=O)ccc1OCCC(C)C. The molecule has 0 spiro atoms. The summed E-state index contributed by atoms with van der Waals surface area (Å²) in [6.45, 7) is 4.90. The van der Waals surface area contributed by atoms with Crippen LogP contribution in [0, 0.1) is 5.92 Å². The van der Waals surface area contributed by atoms with Crippen molar-refractivity contribution in [3.63, 3.8) is 0 Å². The van der Waals surface area contributed by atoms with Gasteiger partial charge < -0.3 is 9.47 Å². The Balaban J connectivity index is 1.67. The first kappa shape index (κ1) is 22.7. The van der Waals surface area contributed by atoms with Gasteiger partial charge in [0.2, 0.25) is 4.96 Å². The summed E-state index contributed by atoms with van der Waals surface area (Å²) in [5, 5.41) is 4.30. The second kappa shape index (κ2) is 9.95. The lowest BCUT2D eigenvalue weighted by atomic mass is 10.1. The number of benzene rings is 2. The molecule has 0 aliphatic heterocycles. The van der Waals surface area contributed by atoms with Crippen molar-refractivity contribution in [3.05, 3.63) is 90.6 Å². The second-order valence-electron chi connectivity index (χ2n) is 8.08. The van der Waals surface area contributed by atoms with E-state index in [1.807, 2.05) is 48.5 Å². The van der Waals surface area contributed by atoms with Gasteiger partial charge in [-0.15, -0.1) is 0 Å². The molecule has 2 aromatic heterocycles. The third-order valence-corrected chi connectivity index (χ3v) is 6.06. The molecule has 0 bridgehead atoms. The Morgan fingerprint density at radius 2 is 1.88 bits per heavy atom. The van der Waals surface area contributed by atoms with E-state index in [1.165, 1.54) is 4.52 Å². The van der Waals surface area contributed by atoms with E-state index < -0.39 is 5.56 Å². The maximum absolute atomic E-state index is 13.0. The number of hydrogen-bond donors (Lipinski definition) is 0. The Morgan fingerprint density at radius 1 is 1.09 bits per heavy atom. The summed E-state index contributed by atoms with van der Waals surface area (Å²) in [5.74, 6) is 1.81. The first-order valence-corrected chi connectivity index (χ1v) is 11.6. The zero-order chi connectivity index (χ0) is 23.4. The lowest BCUT2D eigenvalue weighted by Gasteiger charge is -2.12. The Kier molecular flexibility index (Phi) is 6.84. The van der Waals surface area contributed by atoms with Crippen LogP contribution >= 0.6 is 11.3 Å². The molecule has 0 aliphatic rings. The lowest BCUT2D eigenvalue weighted by Crippen LogP contribution is -2.28. The van der Waals surface area contributed by atoms with Gasteiger partial charge in [0.1, 0.15) is 5.69 Å². The zero-order valence-corrected chi connectivity index (χ0v) is 19.6. The molecule has 0 saturated heterocycles. The van der Waals surface area contributed by atoms with Gasteiger partial charge in [0.05, 0.1) is 18.2 Å². The predicted octanol–water partition coefficient (Wildman–Crippen LogP) is 3.08. The maximum Gasteiger partial charge on any atom is 0.296 e. The average molecular weight is 464 g/mol. The molecule has 0 radical (unpaired) electrons. The van der Waals surface area contributed by atoms with Gasteiger partial charge in [-0.1, -0.05) is 61.6 Å². The molecule has 2 aromatic carbocycles. The quantitative estimate of drug-likeness (QED) is 0.399. The second-order valence-corrected chi connectivity index (χ2v) is 9.09. The van der Waals surface area contributed by atoms with Gasteiger partial charge in [-0.25, -0.2) is 0 Å². The van der Waals surface area contributed by atoms with Gasteiger partial charge in [-0.05, 0) is 41.7 Å². The third kappa shape index (κ3) is 5.28. The number of nitrogens with zero attached hydrogens (tertiary/aromatic N) is 3. The van der Waals surface area contributed by atoms with E-state index in [-0.39, 0.29) is 16.2 Å². The van der Waals surface area contributed by atoms with E-state index in [4.69, 9.17) is 9.47 Å². The molecule has 170 valence electrons. The highest BCUT2D eigenvalue weighted by Crippen LogP contribution is 2.28. The fraction of sp³-hybridized carbons (Fsp3) is 0.280. The Bertz CT molecular complexity index is 1430. The van der Waals surface area contributed by atoms with Crippen LogP contribution in [0.1, 0.15) is 37.1 Å². The molecule has 4 rings (SSSR count). The monoisotopic (exact) mass is 463 g/mol. The molecule has 0 atom stereocenters. The minimum atomic E-state index is -0.420. The molecule has 33 heavy (non-hydrogen) atoms. The van der Waals surface area contributed by atoms with Crippen molar-refractivity contribution in [2.75, 3.05) is 13.7 Å². The fourth-order valence-electron chi connectivity index (χ4n) is 3.29. The molecule has 0 saturated carbocycles. The minimum Gasteiger partial charge on any atom is -0.493 e. The standard InChI is InChI=1S/C25H25N3O4S/c1-16(2)11-12-32-20-10-9-18(14-21(20)31-3)15-22-24(30)28-25(33-22)26-23(29)19(27-28)13-17-7-5-4-6-8-17/h4-10,14-16H,11-13H2,1-3H3/b22-15-. The predicted molar refractivity (Wildman–Crippen MR) is 129 cm³/mol. The number of ether oxygens (including phenoxy) is 2. The summed E-state index contributed by atoms with van der Waals surface area (Å²) in [6, 6.07) is 15.0. The van der Waals surface area contributed by atoms with Gasteiger partial charge >= 0.3 is 0 Å². The Hall–Kier alpha value is -3.52. The van der Waals surface area contributed by atoms with Gasteiger partial charge in [0.25, 0.3) is 11.1 Å². The molecule has 0 aliphatic carbocycles. The first-order valence-electron chi connectivity index (χ1n) is 10.7. The molecule has 0 amide bonds. The van der Waals surface area contributed by atoms with Crippen LogP contribution in [0.25, 0.3) is 11.0 Å². The summed E-state index contributed by atoms with van der Waals surface area (Å²) in [4.78, 5) is 29.8.